The molecule has 2 saturated carbocycles. The van der Waals surface area contributed by atoms with Crippen molar-refractivity contribution in [2.24, 2.45) is 11.3 Å². The molecule has 14 heavy (non-hydrogen) atoms. The molecule has 0 amide bonds. The van der Waals surface area contributed by atoms with Crippen LogP contribution in [-0.4, -0.2) is 37.5 Å². The molecule has 0 bridgehead atoms. The van der Waals surface area contributed by atoms with E-state index in [1.165, 1.54) is 0 Å². The van der Waals surface area contributed by atoms with Gasteiger partial charge in [-0.2, -0.15) is 0 Å². The van der Waals surface area contributed by atoms with Gasteiger partial charge in [0.15, 0.2) is 0 Å². The second-order valence-corrected chi connectivity index (χ2v) is 4.25. The summed E-state index contributed by atoms with van der Waals surface area (Å²) in [6, 6.07) is 0. The third kappa shape index (κ3) is 1.47. The van der Waals surface area contributed by atoms with E-state index >= 15 is 0 Å². The van der Waals surface area contributed by atoms with Crippen LogP contribution in [0.5, 0.6) is 0 Å². The van der Waals surface area contributed by atoms with Crippen LogP contribution in [0.4, 0.5) is 0 Å². The molecule has 2 aliphatic rings. The Hall–Kier alpha value is -0.450. The first-order valence-electron chi connectivity index (χ1n) is 4.98. The van der Waals surface area contributed by atoms with Crippen LogP contribution in [0.1, 0.15) is 19.3 Å². The first-order chi connectivity index (χ1) is 6.70. The summed E-state index contributed by atoms with van der Waals surface area (Å²) in [6.07, 6.45) is 1.80. The van der Waals surface area contributed by atoms with E-state index in [0.717, 1.165) is 12.8 Å². The lowest BCUT2D eigenvalue weighted by Gasteiger charge is -2.19. The molecule has 0 saturated heterocycles. The van der Waals surface area contributed by atoms with Gasteiger partial charge in [0.2, 0.25) is 0 Å². The minimum atomic E-state index is -0.505. The zero-order chi connectivity index (χ0) is 10.2. The zero-order valence-corrected chi connectivity index (χ0v) is 8.36. The second kappa shape index (κ2) is 3.61. The highest BCUT2D eigenvalue weighted by atomic mass is 16.7. The maximum absolute atomic E-state index is 11.3. The van der Waals surface area contributed by atoms with E-state index in [4.69, 9.17) is 9.47 Å². The minimum Gasteiger partial charge on any atom is -0.390 e. The molecule has 4 nitrogen and oxygen atoms in total. The molecule has 0 aromatic carbocycles. The maximum atomic E-state index is 11.3. The summed E-state index contributed by atoms with van der Waals surface area (Å²) < 4.78 is 9.82. The fourth-order valence-electron chi connectivity index (χ4n) is 2.51. The van der Waals surface area contributed by atoms with Gasteiger partial charge in [0.1, 0.15) is 12.6 Å². The molecule has 0 spiro atoms. The number of carbonyl (C=O) groups is 1. The molecule has 0 radical (unpaired) electrons. The molecule has 3 atom stereocenters. The molecule has 0 heterocycles. The quantitative estimate of drug-likeness (QED) is 0.513. The van der Waals surface area contributed by atoms with Crippen molar-refractivity contribution in [1.29, 1.82) is 0 Å². The van der Waals surface area contributed by atoms with Gasteiger partial charge in [-0.1, -0.05) is 0 Å². The average molecular weight is 200 g/mol. The van der Waals surface area contributed by atoms with Crippen molar-refractivity contribution >= 4 is 5.78 Å². The van der Waals surface area contributed by atoms with E-state index in [1.807, 2.05) is 0 Å². The number of fused-ring (bicyclic) bond motifs is 1. The Morgan fingerprint density at radius 2 is 2.50 bits per heavy atom. The highest BCUT2D eigenvalue weighted by Gasteiger charge is 2.65. The van der Waals surface area contributed by atoms with Gasteiger partial charge < -0.3 is 14.6 Å². The van der Waals surface area contributed by atoms with Crippen molar-refractivity contribution in [3.63, 3.8) is 0 Å². The molecule has 2 fully saturated rings. The zero-order valence-electron chi connectivity index (χ0n) is 8.36. The smallest absolute Gasteiger partial charge is 0.146 e. The summed E-state index contributed by atoms with van der Waals surface area (Å²) in [5, 5.41) is 9.86. The van der Waals surface area contributed by atoms with Crippen LogP contribution in [0.15, 0.2) is 0 Å². The number of Topliss-reactive ketones (excluding diaryl/α,β-unsaturated/α-hetero) is 1. The molecule has 0 aromatic heterocycles. The maximum Gasteiger partial charge on any atom is 0.146 e. The standard InChI is InChI=1S/C10H16O4/c1-13-6-14-5-9(12)10-3-2-8(11)7(10)4-10/h7,9,12H,2-6H2,1H3/t7-,9+,10+/m1/s1. The van der Waals surface area contributed by atoms with Crippen LogP contribution < -0.4 is 0 Å². The highest BCUT2D eigenvalue weighted by Crippen LogP contribution is 2.63. The van der Waals surface area contributed by atoms with Gasteiger partial charge in [0, 0.05) is 24.9 Å². The predicted molar refractivity (Wildman–Crippen MR) is 48.6 cm³/mol. The Kier molecular flexibility index (Phi) is 2.60. The number of ketones is 1. The van der Waals surface area contributed by atoms with Gasteiger partial charge in [-0.25, -0.2) is 0 Å². The summed E-state index contributed by atoms with van der Waals surface area (Å²) in [5.74, 6) is 0.430. The van der Waals surface area contributed by atoms with Gasteiger partial charge in [-0.05, 0) is 12.8 Å². The van der Waals surface area contributed by atoms with Gasteiger partial charge in [0.05, 0.1) is 12.7 Å². The fourth-order valence-corrected chi connectivity index (χ4v) is 2.51. The lowest BCUT2D eigenvalue weighted by atomic mass is 9.97. The summed E-state index contributed by atoms with van der Waals surface area (Å²) in [5.41, 5.74) is -0.134. The van der Waals surface area contributed by atoms with Crippen molar-refractivity contribution in [3.05, 3.63) is 0 Å². The summed E-state index contributed by atoms with van der Waals surface area (Å²) in [4.78, 5) is 11.3. The SMILES string of the molecule is COCOC[C@H](O)[C@]12CCC(=O)[C@H]1C2. The number of hydrogen-bond donors (Lipinski definition) is 1. The molecule has 2 rings (SSSR count). The van der Waals surface area contributed by atoms with Gasteiger partial charge in [0.25, 0.3) is 0 Å². The number of rotatable bonds is 5. The van der Waals surface area contributed by atoms with E-state index in [1.54, 1.807) is 7.11 Å². The summed E-state index contributed by atoms with van der Waals surface area (Å²) in [6.45, 7) is 0.476. The van der Waals surface area contributed by atoms with Crippen LogP contribution in [-0.2, 0) is 14.3 Å². The van der Waals surface area contributed by atoms with Crippen molar-refractivity contribution < 1.29 is 19.4 Å². The lowest BCUT2D eigenvalue weighted by molar-refractivity contribution is -0.119. The van der Waals surface area contributed by atoms with Gasteiger partial charge in [-0.15, -0.1) is 0 Å². The van der Waals surface area contributed by atoms with Gasteiger partial charge >= 0.3 is 0 Å². The molecule has 0 aromatic rings. The monoisotopic (exact) mass is 200 g/mol. The number of aliphatic hydroxyl groups is 1. The first-order valence-corrected chi connectivity index (χ1v) is 4.98. The molecule has 1 N–H and O–H groups in total. The summed E-state index contributed by atoms with van der Waals surface area (Å²) >= 11 is 0. The minimum absolute atomic E-state index is 0.114. The number of ether oxygens (including phenoxy) is 2. The lowest BCUT2D eigenvalue weighted by Crippen LogP contribution is -2.27. The molecule has 80 valence electrons. The van der Waals surface area contributed by atoms with Crippen LogP contribution in [0.2, 0.25) is 0 Å². The summed E-state index contributed by atoms with van der Waals surface area (Å²) in [7, 11) is 1.55. The van der Waals surface area contributed by atoms with Crippen LogP contribution in [0.25, 0.3) is 0 Å². The normalized spacial score (nSPS) is 37.0. The van der Waals surface area contributed by atoms with Crippen LogP contribution in [0, 0.1) is 11.3 Å². The van der Waals surface area contributed by atoms with Crippen molar-refractivity contribution in [1.82, 2.24) is 0 Å². The molecule has 0 aliphatic heterocycles. The average Bonchev–Trinajstić information content (AvgIpc) is 2.84. The highest BCUT2D eigenvalue weighted by molar-refractivity contribution is 5.87. The first kappa shape index (κ1) is 10.1. The van der Waals surface area contributed by atoms with Crippen molar-refractivity contribution in [2.45, 2.75) is 25.4 Å². The third-order valence-electron chi connectivity index (χ3n) is 3.48. The van der Waals surface area contributed by atoms with E-state index in [2.05, 4.69) is 0 Å². The molecule has 4 heteroatoms. The van der Waals surface area contributed by atoms with Crippen LogP contribution in [0.3, 0.4) is 0 Å². The Morgan fingerprint density at radius 1 is 1.71 bits per heavy atom. The second-order valence-electron chi connectivity index (χ2n) is 4.25. The Balaban J connectivity index is 1.82. The molecular formula is C10H16O4. The third-order valence-corrected chi connectivity index (χ3v) is 3.48. The molecular weight excluding hydrogens is 184 g/mol. The topological polar surface area (TPSA) is 55.8 Å². The van der Waals surface area contributed by atoms with Crippen LogP contribution >= 0.6 is 0 Å². The van der Waals surface area contributed by atoms with Crippen molar-refractivity contribution in [3.8, 4) is 0 Å². The molecule has 2 aliphatic carbocycles. The van der Waals surface area contributed by atoms with Crippen molar-refractivity contribution in [2.75, 3.05) is 20.5 Å². The number of hydrogen-bond acceptors (Lipinski definition) is 4. The number of aliphatic hydroxyl groups excluding tert-OH is 1. The number of carbonyl (C=O) groups excluding carboxylic acids is 1. The van der Waals surface area contributed by atoms with E-state index < -0.39 is 6.10 Å². The van der Waals surface area contributed by atoms with E-state index in [0.29, 0.717) is 12.2 Å². The van der Waals surface area contributed by atoms with E-state index in [-0.39, 0.29) is 24.7 Å². The Morgan fingerprint density at radius 3 is 3.00 bits per heavy atom. The Bertz CT molecular complexity index is 240. The van der Waals surface area contributed by atoms with Gasteiger partial charge in [-0.3, -0.25) is 4.79 Å². The largest absolute Gasteiger partial charge is 0.390 e. The van der Waals surface area contributed by atoms with E-state index in [9.17, 15) is 9.90 Å². The molecule has 0 unspecified atom stereocenters. The fraction of sp³-hybridized carbons (Fsp3) is 0.900. The Labute approximate surface area is 83.2 Å². The predicted octanol–water partition coefficient (Wildman–Crippen LogP) is 0.337. The number of methoxy groups -OCH3 is 1.